The maximum absolute atomic E-state index is 3.76. The van der Waals surface area contributed by atoms with Gasteiger partial charge in [-0.25, -0.2) is 0 Å². The lowest BCUT2D eigenvalue weighted by molar-refractivity contribution is 0.890. The van der Waals surface area contributed by atoms with E-state index in [1.807, 2.05) is 11.8 Å². The van der Waals surface area contributed by atoms with Gasteiger partial charge in [0.15, 0.2) is 0 Å². The topological polar surface area (TPSA) is 12.0 Å². The Morgan fingerprint density at radius 1 is 0.533 bits per heavy atom. The zero-order chi connectivity index (χ0) is 20.2. The predicted molar refractivity (Wildman–Crippen MR) is 128 cm³/mol. The van der Waals surface area contributed by atoms with Crippen LogP contribution in [0, 0.1) is 0 Å². The fraction of sp³-hybridized carbons (Fsp3) is 0.143. The minimum absolute atomic E-state index is 1.05. The van der Waals surface area contributed by atoms with E-state index in [2.05, 4.69) is 102 Å². The van der Waals surface area contributed by atoms with Gasteiger partial charge in [-0.05, 0) is 66.1 Å². The molecule has 148 valence electrons. The molecule has 1 nitrogen and oxygen atoms in total. The third kappa shape index (κ3) is 4.15. The van der Waals surface area contributed by atoms with Gasteiger partial charge in [-0.1, -0.05) is 90.6 Å². The van der Waals surface area contributed by atoms with E-state index in [1.165, 1.54) is 43.4 Å². The molecule has 0 amide bonds. The van der Waals surface area contributed by atoms with Gasteiger partial charge in [-0.2, -0.15) is 0 Å². The molecule has 1 heterocycles. The van der Waals surface area contributed by atoms with Crippen molar-refractivity contribution in [3.63, 3.8) is 0 Å². The number of benzene rings is 4. The molecule has 5 rings (SSSR count). The first kappa shape index (κ1) is 19.0. The summed E-state index contributed by atoms with van der Waals surface area (Å²) in [5, 5.41) is 3.76. The van der Waals surface area contributed by atoms with Gasteiger partial charge in [0.2, 0.25) is 0 Å². The quantitative estimate of drug-likeness (QED) is 0.313. The fourth-order valence-electron chi connectivity index (χ4n) is 4.16. The van der Waals surface area contributed by atoms with Crippen molar-refractivity contribution < 1.29 is 0 Å². The summed E-state index contributed by atoms with van der Waals surface area (Å²) >= 11 is 1.88. The van der Waals surface area contributed by atoms with Gasteiger partial charge < -0.3 is 5.32 Å². The van der Waals surface area contributed by atoms with E-state index >= 15 is 0 Å². The summed E-state index contributed by atoms with van der Waals surface area (Å²) < 4.78 is 0. The standard InChI is InChI=1S/C28H25NS/c1-3-9-21(10-4-1)15-17-23-18-20-27-28(29-25-13-7-8-14-26(25)30-27)24(23)19-16-22-11-5-2-6-12-22/h1-14,18,20,29H,15-17,19H2. The molecule has 0 saturated heterocycles. The monoisotopic (exact) mass is 407 g/mol. The highest BCUT2D eigenvalue weighted by atomic mass is 32.2. The summed E-state index contributed by atoms with van der Waals surface area (Å²) in [5.74, 6) is 0. The predicted octanol–water partition coefficient (Wildman–Crippen LogP) is 7.47. The second kappa shape index (κ2) is 8.81. The molecular formula is C28H25NS. The van der Waals surface area contributed by atoms with Gasteiger partial charge in [0, 0.05) is 9.79 Å². The van der Waals surface area contributed by atoms with E-state index in [0.717, 1.165) is 25.7 Å². The van der Waals surface area contributed by atoms with E-state index in [9.17, 15) is 0 Å². The van der Waals surface area contributed by atoms with Gasteiger partial charge in [-0.15, -0.1) is 0 Å². The molecule has 1 N–H and O–H groups in total. The zero-order valence-corrected chi connectivity index (χ0v) is 17.8. The lowest BCUT2D eigenvalue weighted by atomic mass is 9.93. The van der Waals surface area contributed by atoms with Crippen molar-refractivity contribution in [3.05, 3.63) is 119 Å². The number of aryl methyl sites for hydroxylation is 3. The van der Waals surface area contributed by atoms with Gasteiger partial charge in [0.05, 0.1) is 11.4 Å². The smallest absolute Gasteiger partial charge is 0.0561 e. The molecule has 0 spiro atoms. The molecule has 1 aliphatic heterocycles. The normalized spacial score (nSPS) is 12.0. The van der Waals surface area contributed by atoms with Crippen molar-refractivity contribution in [1.82, 2.24) is 0 Å². The molecule has 4 aromatic rings. The first-order valence-electron chi connectivity index (χ1n) is 10.6. The molecule has 0 aromatic heterocycles. The van der Waals surface area contributed by atoms with E-state index in [1.54, 1.807) is 0 Å². The molecule has 0 bridgehead atoms. The van der Waals surface area contributed by atoms with E-state index in [0.29, 0.717) is 0 Å². The molecule has 0 aliphatic carbocycles. The summed E-state index contributed by atoms with van der Waals surface area (Å²) in [6, 6.07) is 34.9. The Morgan fingerprint density at radius 3 is 1.90 bits per heavy atom. The summed E-state index contributed by atoms with van der Waals surface area (Å²) in [7, 11) is 0. The summed E-state index contributed by atoms with van der Waals surface area (Å²) in [5.41, 5.74) is 8.25. The first-order chi connectivity index (χ1) is 14.9. The van der Waals surface area contributed by atoms with Crippen LogP contribution >= 0.6 is 11.8 Å². The molecule has 0 radical (unpaired) electrons. The van der Waals surface area contributed by atoms with Gasteiger partial charge in [0.1, 0.15) is 0 Å². The molecule has 0 atom stereocenters. The van der Waals surface area contributed by atoms with Gasteiger partial charge in [0.25, 0.3) is 0 Å². The highest BCUT2D eigenvalue weighted by Gasteiger charge is 2.20. The van der Waals surface area contributed by atoms with Crippen LogP contribution in [0.1, 0.15) is 22.3 Å². The van der Waals surface area contributed by atoms with Crippen LogP contribution in [0.25, 0.3) is 0 Å². The SMILES string of the molecule is c1ccc(CCc2ccc3c(c2CCc2ccccc2)Nc2ccccc2S3)cc1. The number of para-hydroxylation sites is 1. The lowest BCUT2D eigenvalue weighted by Crippen LogP contribution is -2.08. The second-order valence-corrected chi connectivity index (χ2v) is 8.85. The van der Waals surface area contributed by atoms with Crippen molar-refractivity contribution in [3.8, 4) is 0 Å². The lowest BCUT2D eigenvalue weighted by Gasteiger charge is -2.25. The van der Waals surface area contributed by atoms with Crippen LogP contribution in [0.3, 0.4) is 0 Å². The first-order valence-corrected chi connectivity index (χ1v) is 11.4. The van der Waals surface area contributed by atoms with Crippen LogP contribution in [0.2, 0.25) is 0 Å². The van der Waals surface area contributed by atoms with Crippen LogP contribution in [0.15, 0.2) is 107 Å². The van der Waals surface area contributed by atoms with Crippen LogP contribution in [0.4, 0.5) is 11.4 Å². The molecule has 0 unspecified atom stereocenters. The number of hydrogen-bond donors (Lipinski definition) is 1. The third-order valence-electron chi connectivity index (χ3n) is 5.77. The Labute approximate surface area is 183 Å². The number of rotatable bonds is 6. The minimum atomic E-state index is 1.05. The fourth-order valence-corrected chi connectivity index (χ4v) is 5.19. The number of nitrogens with one attached hydrogen (secondary N) is 1. The highest BCUT2D eigenvalue weighted by molar-refractivity contribution is 7.99. The molecular weight excluding hydrogens is 382 g/mol. The summed E-state index contributed by atoms with van der Waals surface area (Å²) in [6.07, 6.45) is 4.24. The van der Waals surface area contributed by atoms with Crippen LogP contribution < -0.4 is 5.32 Å². The highest BCUT2D eigenvalue weighted by Crippen LogP contribution is 2.46. The minimum Gasteiger partial charge on any atom is -0.353 e. The Kier molecular flexibility index (Phi) is 5.58. The number of hydrogen-bond acceptors (Lipinski definition) is 2. The van der Waals surface area contributed by atoms with Gasteiger partial charge >= 0.3 is 0 Å². The maximum atomic E-state index is 3.76. The van der Waals surface area contributed by atoms with Crippen molar-refractivity contribution in [2.75, 3.05) is 5.32 Å². The summed E-state index contributed by atoms with van der Waals surface area (Å²) in [6.45, 7) is 0. The zero-order valence-electron chi connectivity index (χ0n) is 17.0. The van der Waals surface area contributed by atoms with Crippen LogP contribution in [0.5, 0.6) is 0 Å². The Morgan fingerprint density at radius 2 is 1.17 bits per heavy atom. The molecule has 0 fully saturated rings. The van der Waals surface area contributed by atoms with Gasteiger partial charge in [-0.3, -0.25) is 0 Å². The van der Waals surface area contributed by atoms with Crippen molar-refractivity contribution in [2.24, 2.45) is 0 Å². The number of anilines is 2. The molecule has 30 heavy (non-hydrogen) atoms. The second-order valence-electron chi connectivity index (χ2n) is 7.77. The molecule has 2 heteroatoms. The van der Waals surface area contributed by atoms with E-state index in [-0.39, 0.29) is 0 Å². The van der Waals surface area contributed by atoms with Crippen molar-refractivity contribution in [1.29, 1.82) is 0 Å². The molecule has 0 saturated carbocycles. The Hall–Kier alpha value is -2.97. The van der Waals surface area contributed by atoms with Crippen LogP contribution in [-0.4, -0.2) is 0 Å². The third-order valence-corrected chi connectivity index (χ3v) is 6.91. The van der Waals surface area contributed by atoms with E-state index < -0.39 is 0 Å². The summed E-state index contributed by atoms with van der Waals surface area (Å²) in [4.78, 5) is 2.64. The maximum Gasteiger partial charge on any atom is 0.0561 e. The van der Waals surface area contributed by atoms with Crippen LogP contribution in [-0.2, 0) is 25.7 Å². The van der Waals surface area contributed by atoms with E-state index in [4.69, 9.17) is 0 Å². The Balaban J connectivity index is 1.47. The number of fused-ring (bicyclic) bond motifs is 2. The average Bonchev–Trinajstić information content (AvgIpc) is 2.81. The van der Waals surface area contributed by atoms with Crippen molar-refractivity contribution in [2.45, 2.75) is 35.5 Å². The van der Waals surface area contributed by atoms with Crippen molar-refractivity contribution >= 4 is 23.1 Å². The molecule has 4 aromatic carbocycles. The Bertz CT molecular complexity index is 1140. The molecule has 1 aliphatic rings. The largest absolute Gasteiger partial charge is 0.353 e. The average molecular weight is 408 g/mol.